The van der Waals surface area contributed by atoms with Crippen molar-refractivity contribution in [2.45, 2.75) is 0 Å². The molecule has 8 nitrogen and oxygen atoms in total. The summed E-state index contributed by atoms with van der Waals surface area (Å²) < 4.78 is 0.418. The lowest BCUT2D eigenvalue weighted by Crippen LogP contribution is -2.38. The highest BCUT2D eigenvalue weighted by Crippen LogP contribution is 2.21. The van der Waals surface area contributed by atoms with Crippen molar-refractivity contribution in [3.63, 3.8) is 0 Å². The number of carbonyl (C=O) groups is 3. The Balaban J connectivity index is 2.52. The molecule has 0 aliphatic heterocycles. The van der Waals surface area contributed by atoms with Gasteiger partial charge in [-0.2, -0.15) is 0 Å². The fraction of sp³-hybridized carbons (Fsp3) is 0.182. The predicted octanol–water partition coefficient (Wildman–Crippen LogP) is 0.937. The monoisotopic (exact) mass is 344 g/mol. The molecule has 0 spiro atoms. The van der Waals surface area contributed by atoms with E-state index in [1.807, 2.05) is 0 Å². The van der Waals surface area contributed by atoms with Crippen LogP contribution in [0.3, 0.4) is 0 Å². The average molecular weight is 345 g/mol. The standard InChI is InChI=1S/C11H13BrN4O4/c12-8-2-1-6(5-7(8)9(17)18)16-11(20)15-4-3-14-10(13)19/h1-2,5H,3-4H2,(H,17,18)(H3,13,14,19)(H2,15,16,20). The molecule has 108 valence electrons. The van der Waals surface area contributed by atoms with Crippen LogP contribution >= 0.6 is 15.9 Å². The van der Waals surface area contributed by atoms with Crippen molar-refractivity contribution < 1.29 is 19.5 Å². The molecule has 9 heteroatoms. The lowest BCUT2D eigenvalue weighted by Gasteiger charge is -2.09. The molecule has 0 saturated heterocycles. The Bertz CT molecular complexity index is 535. The average Bonchev–Trinajstić information content (AvgIpc) is 2.36. The zero-order valence-corrected chi connectivity index (χ0v) is 11.9. The van der Waals surface area contributed by atoms with Crippen LogP contribution in [0.15, 0.2) is 22.7 Å². The summed E-state index contributed by atoms with van der Waals surface area (Å²) in [6, 6.07) is 3.21. The van der Waals surface area contributed by atoms with Crippen LogP contribution in [-0.4, -0.2) is 36.2 Å². The molecule has 0 unspecified atom stereocenters. The van der Waals surface area contributed by atoms with Gasteiger partial charge >= 0.3 is 18.0 Å². The lowest BCUT2D eigenvalue weighted by atomic mass is 10.2. The van der Waals surface area contributed by atoms with Crippen LogP contribution in [0.25, 0.3) is 0 Å². The highest BCUT2D eigenvalue weighted by Gasteiger charge is 2.10. The molecule has 0 aliphatic rings. The van der Waals surface area contributed by atoms with Crippen LogP contribution in [-0.2, 0) is 0 Å². The number of carboxylic acids is 1. The van der Waals surface area contributed by atoms with Crippen molar-refractivity contribution in [1.29, 1.82) is 0 Å². The molecule has 0 saturated carbocycles. The van der Waals surface area contributed by atoms with E-state index in [-0.39, 0.29) is 18.7 Å². The second kappa shape index (κ2) is 7.34. The summed E-state index contributed by atoms with van der Waals surface area (Å²) in [5.74, 6) is -1.11. The van der Waals surface area contributed by atoms with E-state index in [0.29, 0.717) is 10.2 Å². The van der Waals surface area contributed by atoms with E-state index in [1.54, 1.807) is 6.07 Å². The number of nitrogens with one attached hydrogen (secondary N) is 3. The number of nitrogens with two attached hydrogens (primary N) is 1. The van der Waals surface area contributed by atoms with Gasteiger partial charge in [0.1, 0.15) is 0 Å². The van der Waals surface area contributed by atoms with Crippen LogP contribution in [0.1, 0.15) is 10.4 Å². The van der Waals surface area contributed by atoms with E-state index in [0.717, 1.165) is 0 Å². The van der Waals surface area contributed by atoms with Gasteiger partial charge in [0.15, 0.2) is 0 Å². The number of halogens is 1. The smallest absolute Gasteiger partial charge is 0.336 e. The topological polar surface area (TPSA) is 134 Å². The summed E-state index contributed by atoms with van der Waals surface area (Å²) in [7, 11) is 0. The largest absolute Gasteiger partial charge is 0.478 e. The van der Waals surface area contributed by atoms with Crippen LogP contribution in [0.4, 0.5) is 15.3 Å². The number of amides is 4. The number of anilines is 1. The minimum absolute atomic E-state index is 0.0400. The van der Waals surface area contributed by atoms with Crippen LogP contribution in [0.2, 0.25) is 0 Å². The van der Waals surface area contributed by atoms with Crippen molar-refractivity contribution in [2.75, 3.05) is 18.4 Å². The normalized spacial score (nSPS) is 9.65. The minimum Gasteiger partial charge on any atom is -0.478 e. The molecule has 1 rings (SSSR count). The van der Waals surface area contributed by atoms with Crippen molar-refractivity contribution in [3.8, 4) is 0 Å². The number of aromatic carboxylic acids is 1. The number of urea groups is 2. The fourth-order valence-electron chi connectivity index (χ4n) is 1.30. The van der Waals surface area contributed by atoms with E-state index >= 15 is 0 Å². The molecule has 0 bridgehead atoms. The zero-order valence-electron chi connectivity index (χ0n) is 10.3. The summed E-state index contributed by atoms with van der Waals surface area (Å²) in [5.41, 5.74) is 5.23. The van der Waals surface area contributed by atoms with Crippen molar-refractivity contribution >= 4 is 39.6 Å². The van der Waals surface area contributed by atoms with Crippen LogP contribution < -0.4 is 21.7 Å². The Kier molecular flexibility index (Phi) is 5.78. The molecule has 0 aliphatic carbocycles. The number of hydrogen-bond donors (Lipinski definition) is 5. The maximum absolute atomic E-state index is 11.5. The van der Waals surface area contributed by atoms with Gasteiger partial charge in [-0.05, 0) is 34.1 Å². The van der Waals surface area contributed by atoms with Gasteiger partial charge in [-0.25, -0.2) is 14.4 Å². The fourth-order valence-corrected chi connectivity index (χ4v) is 1.72. The molecule has 0 heterocycles. The van der Waals surface area contributed by atoms with Gasteiger partial charge in [0.25, 0.3) is 0 Å². The molecule has 0 radical (unpaired) electrons. The SMILES string of the molecule is NC(=O)NCCNC(=O)Nc1ccc(Br)c(C(=O)O)c1. The predicted molar refractivity (Wildman–Crippen MR) is 75.7 cm³/mol. The molecule has 1 aromatic rings. The lowest BCUT2D eigenvalue weighted by molar-refractivity contribution is 0.0696. The molecule has 0 atom stereocenters. The van der Waals surface area contributed by atoms with Gasteiger partial charge in [-0.15, -0.1) is 0 Å². The second-order valence-electron chi connectivity index (χ2n) is 3.67. The van der Waals surface area contributed by atoms with Crippen molar-refractivity contribution in [2.24, 2.45) is 5.73 Å². The van der Waals surface area contributed by atoms with Gasteiger partial charge in [-0.3, -0.25) is 0 Å². The molecule has 4 amide bonds. The Morgan fingerprint density at radius 3 is 2.45 bits per heavy atom. The number of benzene rings is 1. The molecule has 20 heavy (non-hydrogen) atoms. The Hall–Kier alpha value is -2.29. The van der Waals surface area contributed by atoms with E-state index in [9.17, 15) is 14.4 Å². The molecular formula is C11H13BrN4O4. The summed E-state index contributed by atoms with van der Waals surface area (Å²) in [6.45, 7) is 0.389. The molecule has 1 aromatic carbocycles. The third-order valence-corrected chi connectivity index (χ3v) is 2.86. The zero-order chi connectivity index (χ0) is 15.1. The Labute approximate surface area is 122 Å². The van der Waals surface area contributed by atoms with E-state index in [2.05, 4.69) is 31.9 Å². The number of primary amides is 1. The van der Waals surface area contributed by atoms with Gasteiger partial charge in [0, 0.05) is 23.2 Å². The second-order valence-corrected chi connectivity index (χ2v) is 4.53. The van der Waals surface area contributed by atoms with Gasteiger partial charge < -0.3 is 26.8 Å². The molecule has 6 N–H and O–H groups in total. The maximum Gasteiger partial charge on any atom is 0.336 e. The first-order valence-electron chi connectivity index (χ1n) is 5.51. The highest BCUT2D eigenvalue weighted by molar-refractivity contribution is 9.10. The van der Waals surface area contributed by atoms with Crippen LogP contribution in [0.5, 0.6) is 0 Å². The molecule has 0 aromatic heterocycles. The Morgan fingerprint density at radius 2 is 1.85 bits per heavy atom. The summed E-state index contributed by atoms with van der Waals surface area (Å²) in [5, 5.41) is 16.2. The first-order valence-corrected chi connectivity index (χ1v) is 6.30. The highest BCUT2D eigenvalue weighted by atomic mass is 79.9. The van der Waals surface area contributed by atoms with Gasteiger partial charge in [-0.1, -0.05) is 0 Å². The van der Waals surface area contributed by atoms with E-state index < -0.39 is 18.0 Å². The number of hydrogen-bond acceptors (Lipinski definition) is 3. The Morgan fingerprint density at radius 1 is 1.20 bits per heavy atom. The van der Waals surface area contributed by atoms with E-state index in [4.69, 9.17) is 10.8 Å². The quantitative estimate of drug-likeness (QED) is 0.508. The molecule has 0 fully saturated rings. The van der Waals surface area contributed by atoms with Gasteiger partial charge in [0.2, 0.25) is 0 Å². The summed E-state index contributed by atoms with van der Waals surface area (Å²) in [6.07, 6.45) is 0. The van der Waals surface area contributed by atoms with Crippen LogP contribution in [0, 0.1) is 0 Å². The summed E-state index contributed by atoms with van der Waals surface area (Å²) >= 11 is 3.10. The van der Waals surface area contributed by atoms with Crippen molar-refractivity contribution in [1.82, 2.24) is 10.6 Å². The number of rotatable bonds is 5. The third kappa shape index (κ3) is 5.14. The first kappa shape index (κ1) is 15.8. The third-order valence-electron chi connectivity index (χ3n) is 2.16. The van der Waals surface area contributed by atoms with Gasteiger partial charge in [0.05, 0.1) is 5.56 Å². The minimum atomic E-state index is -1.11. The maximum atomic E-state index is 11.5. The van der Waals surface area contributed by atoms with E-state index in [1.165, 1.54) is 12.1 Å². The first-order chi connectivity index (χ1) is 9.40. The molecular weight excluding hydrogens is 332 g/mol. The summed E-state index contributed by atoms with van der Waals surface area (Å²) in [4.78, 5) is 32.8. The van der Waals surface area contributed by atoms with Crippen molar-refractivity contribution in [3.05, 3.63) is 28.2 Å². The number of carbonyl (C=O) groups excluding carboxylic acids is 2. The number of carboxylic acid groups (broad SMARTS) is 1.